The van der Waals surface area contributed by atoms with E-state index in [0.717, 1.165) is 17.6 Å². The highest BCUT2D eigenvalue weighted by molar-refractivity contribution is 5.90. The number of carbonyl (C=O) groups is 2. The molecular formula is C21H20O4. The number of esters is 2. The Morgan fingerprint density at radius 3 is 2.76 bits per heavy atom. The van der Waals surface area contributed by atoms with E-state index in [0.29, 0.717) is 17.7 Å². The number of ether oxygens (including phenoxy) is 2. The Morgan fingerprint density at radius 2 is 2.00 bits per heavy atom. The van der Waals surface area contributed by atoms with Crippen molar-refractivity contribution >= 4 is 11.9 Å². The van der Waals surface area contributed by atoms with Crippen LogP contribution in [0.4, 0.5) is 0 Å². The molecule has 0 radical (unpaired) electrons. The van der Waals surface area contributed by atoms with Gasteiger partial charge >= 0.3 is 11.9 Å². The lowest BCUT2D eigenvalue weighted by molar-refractivity contribution is -0.132. The Balaban J connectivity index is 1.59. The minimum atomic E-state index is -0.302. The zero-order chi connectivity index (χ0) is 17.6. The number of hydrogen-bond acceptors (Lipinski definition) is 4. The fraction of sp³-hybridized carbons (Fsp3) is 0.333. The van der Waals surface area contributed by atoms with Crippen LogP contribution in [0.5, 0.6) is 0 Å². The first kappa shape index (κ1) is 15.9. The van der Waals surface area contributed by atoms with Gasteiger partial charge in [0.1, 0.15) is 11.9 Å². The largest absolute Gasteiger partial charge is 0.458 e. The van der Waals surface area contributed by atoms with Gasteiger partial charge in [0, 0.05) is 29.4 Å². The average molecular weight is 336 g/mol. The molecule has 1 heterocycles. The Labute approximate surface area is 146 Å². The number of hydrogen-bond donors (Lipinski definition) is 0. The number of benzene rings is 1. The molecule has 2 aliphatic carbocycles. The fourth-order valence-corrected chi connectivity index (χ4v) is 3.98. The van der Waals surface area contributed by atoms with Crippen molar-refractivity contribution in [3.8, 4) is 0 Å². The van der Waals surface area contributed by atoms with Crippen LogP contribution in [0.15, 0.2) is 65.5 Å². The van der Waals surface area contributed by atoms with Crippen molar-refractivity contribution in [3.63, 3.8) is 0 Å². The van der Waals surface area contributed by atoms with Gasteiger partial charge in [0.2, 0.25) is 0 Å². The van der Waals surface area contributed by atoms with Crippen molar-refractivity contribution < 1.29 is 19.1 Å². The van der Waals surface area contributed by atoms with E-state index in [2.05, 4.69) is 19.9 Å². The monoisotopic (exact) mass is 336 g/mol. The molecule has 1 aromatic carbocycles. The summed E-state index contributed by atoms with van der Waals surface area (Å²) in [5.74, 6) is 0.211. The van der Waals surface area contributed by atoms with Crippen LogP contribution in [0.2, 0.25) is 0 Å². The second kappa shape index (κ2) is 5.73. The van der Waals surface area contributed by atoms with Crippen molar-refractivity contribution in [3.05, 3.63) is 71.0 Å². The summed E-state index contributed by atoms with van der Waals surface area (Å²) in [6, 6.07) is 9.07. The van der Waals surface area contributed by atoms with Gasteiger partial charge in [-0.05, 0) is 30.2 Å². The van der Waals surface area contributed by atoms with Crippen LogP contribution in [-0.2, 0) is 14.3 Å². The predicted molar refractivity (Wildman–Crippen MR) is 92.5 cm³/mol. The van der Waals surface area contributed by atoms with Gasteiger partial charge < -0.3 is 9.47 Å². The maximum atomic E-state index is 12.4. The van der Waals surface area contributed by atoms with Crippen LogP contribution in [-0.4, -0.2) is 18.0 Å². The van der Waals surface area contributed by atoms with Crippen LogP contribution in [0.1, 0.15) is 37.0 Å². The highest BCUT2D eigenvalue weighted by atomic mass is 16.5. The summed E-state index contributed by atoms with van der Waals surface area (Å²) in [6.45, 7) is 4.29. The Morgan fingerprint density at radius 1 is 1.24 bits per heavy atom. The molecule has 0 spiro atoms. The quantitative estimate of drug-likeness (QED) is 0.767. The zero-order valence-electron chi connectivity index (χ0n) is 14.3. The van der Waals surface area contributed by atoms with Crippen molar-refractivity contribution in [1.82, 2.24) is 0 Å². The first-order valence-electron chi connectivity index (χ1n) is 8.58. The molecule has 0 bridgehead atoms. The maximum absolute atomic E-state index is 12.4. The molecule has 3 atom stereocenters. The molecular weight excluding hydrogens is 316 g/mol. The standard InChI is InChI=1S/C21H20O4/c1-13-17(25-20(23)14-6-4-3-5-7-14)9-8-16-11-18-15(10-19(22)24-18)12-21(13,16)2/h3-8,10-11,13,17H,9,12H2,1-2H3/t13-,17-,21+/m0/s1. The van der Waals surface area contributed by atoms with Gasteiger partial charge in [0.15, 0.2) is 0 Å². The van der Waals surface area contributed by atoms with Gasteiger partial charge in [0.25, 0.3) is 0 Å². The van der Waals surface area contributed by atoms with Gasteiger partial charge in [-0.2, -0.15) is 0 Å². The van der Waals surface area contributed by atoms with E-state index in [9.17, 15) is 9.59 Å². The molecule has 0 aromatic heterocycles. The number of allylic oxidation sites excluding steroid dienone is 3. The van der Waals surface area contributed by atoms with Crippen LogP contribution >= 0.6 is 0 Å². The number of carbonyl (C=O) groups excluding carboxylic acids is 2. The smallest absolute Gasteiger partial charge is 0.338 e. The van der Waals surface area contributed by atoms with E-state index in [1.165, 1.54) is 0 Å². The number of fused-ring (bicyclic) bond motifs is 2. The second-order valence-corrected chi connectivity index (χ2v) is 7.19. The molecule has 0 fully saturated rings. The minimum absolute atomic E-state index is 0.134. The third-order valence-corrected chi connectivity index (χ3v) is 5.72. The molecule has 0 saturated heterocycles. The first-order chi connectivity index (χ1) is 12.0. The third-order valence-electron chi connectivity index (χ3n) is 5.72. The molecule has 1 aliphatic heterocycles. The zero-order valence-corrected chi connectivity index (χ0v) is 14.3. The average Bonchev–Trinajstić information content (AvgIpc) is 2.95. The summed E-state index contributed by atoms with van der Waals surface area (Å²) >= 11 is 0. The molecule has 25 heavy (non-hydrogen) atoms. The highest BCUT2D eigenvalue weighted by Gasteiger charge is 2.47. The van der Waals surface area contributed by atoms with E-state index < -0.39 is 0 Å². The molecule has 0 unspecified atom stereocenters. The molecule has 128 valence electrons. The van der Waals surface area contributed by atoms with Crippen molar-refractivity contribution in [2.45, 2.75) is 32.8 Å². The van der Waals surface area contributed by atoms with E-state index >= 15 is 0 Å². The van der Waals surface area contributed by atoms with Gasteiger partial charge in [-0.1, -0.05) is 38.1 Å². The Bertz CT molecular complexity index is 831. The molecule has 0 N–H and O–H groups in total. The summed E-state index contributed by atoms with van der Waals surface area (Å²) in [7, 11) is 0. The summed E-state index contributed by atoms with van der Waals surface area (Å²) < 4.78 is 11.1. The fourth-order valence-electron chi connectivity index (χ4n) is 3.98. The summed E-state index contributed by atoms with van der Waals surface area (Å²) in [6.07, 6.45) is 6.85. The lowest BCUT2D eigenvalue weighted by Gasteiger charge is -2.46. The van der Waals surface area contributed by atoms with Crippen molar-refractivity contribution in [2.24, 2.45) is 11.3 Å². The molecule has 1 aromatic rings. The lowest BCUT2D eigenvalue weighted by Crippen LogP contribution is -2.42. The van der Waals surface area contributed by atoms with Crippen molar-refractivity contribution in [2.75, 3.05) is 0 Å². The van der Waals surface area contributed by atoms with Crippen LogP contribution in [0.3, 0.4) is 0 Å². The van der Waals surface area contributed by atoms with E-state index in [1.54, 1.807) is 18.2 Å². The molecule has 0 amide bonds. The summed E-state index contributed by atoms with van der Waals surface area (Å²) in [5, 5.41) is 0. The maximum Gasteiger partial charge on any atom is 0.338 e. The molecule has 0 saturated carbocycles. The number of rotatable bonds is 2. The third kappa shape index (κ3) is 2.62. The summed E-state index contributed by atoms with van der Waals surface area (Å²) in [4.78, 5) is 24.0. The normalized spacial score (nSPS) is 30.3. The van der Waals surface area contributed by atoms with E-state index in [1.807, 2.05) is 24.3 Å². The topological polar surface area (TPSA) is 52.6 Å². The molecule has 4 nitrogen and oxygen atoms in total. The van der Waals surface area contributed by atoms with Crippen molar-refractivity contribution in [1.29, 1.82) is 0 Å². The molecule has 3 aliphatic rings. The first-order valence-corrected chi connectivity index (χ1v) is 8.58. The van der Waals surface area contributed by atoms with Crippen LogP contribution < -0.4 is 0 Å². The lowest BCUT2D eigenvalue weighted by atomic mass is 9.60. The van der Waals surface area contributed by atoms with Crippen LogP contribution in [0.25, 0.3) is 0 Å². The minimum Gasteiger partial charge on any atom is -0.458 e. The SMILES string of the molecule is C[C@H]1[C@@H](OC(=O)c2ccccc2)CC=C2C=C3OC(=O)C=C3C[C@@]21C. The van der Waals surface area contributed by atoms with Gasteiger partial charge in [-0.25, -0.2) is 9.59 Å². The predicted octanol–water partition coefficient (Wildman–Crippen LogP) is 3.96. The van der Waals surface area contributed by atoms with Gasteiger partial charge in [-0.15, -0.1) is 0 Å². The van der Waals surface area contributed by atoms with E-state index in [-0.39, 0.29) is 29.4 Å². The van der Waals surface area contributed by atoms with Gasteiger partial charge in [0.05, 0.1) is 5.56 Å². The van der Waals surface area contributed by atoms with Gasteiger partial charge in [-0.3, -0.25) is 0 Å². The molecule has 4 heteroatoms. The van der Waals surface area contributed by atoms with Crippen LogP contribution in [0, 0.1) is 11.3 Å². The Kier molecular flexibility index (Phi) is 3.64. The highest BCUT2D eigenvalue weighted by Crippen LogP contribution is 2.52. The second-order valence-electron chi connectivity index (χ2n) is 7.19. The van der Waals surface area contributed by atoms with E-state index in [4.69, 9.17) is 9.47 Å². The Hall–Kier alpha value is -2.62. The molecule has 4 rings (SSSR count). The summed E-state index contributed by atoms with van der Waals surface area (Å²) in [5.41, 5.74) is 2.49.